The first-order chi connectivity index (χ1) is 11.5. The summed E-state index contributed by atoms with van der Waals surface area (Å²) in [6.45, 7) is 1.62. The summed E-state index contributed by atoms with van der Waals surface area (Å²) in [4.78, 5) is 33.3. The van der Waals surface area contributed by atoms with E-state index in [-0.39, 0.29) is 24.7 Å². The molecule has 0 aliphatic carbocycles. The van der Waals surface area contributed by atoms with E-state index in [4.69, 9.17) is 10.8 Å². The molecule has 0 spiro atoms. The number of carbonyl (C=O) groups excluding carboxylic acids is 2. The van der Waals surface area contributed by atoms with Crippen molar-refractivity contribution in [1.82, 2.24) is 5.32 Å². The summed E-state index contributed by atoms with van der Waals surface area (Å²) in [7, 11) is 0. The van der Waals surface area contributed by atoms with Gasteiger partial charge in [-0.15, -0.1) is 0 Å². The van der Waals surface area contributed by atoms with Gasteiger partial charge in [0.05, 0.1) is 12.6 Å². The number of hydrogen-bond donors (Lipinski definition) is 3. The van der Waals surface area contributed by atoms with Gasteiger partial charge < -0.3 is 16.2 Å². The number of carbonyl (C=O) groups is 3. The molecular weight excluding hydrogens is 308 g/mol. The van der Waals surface area contributed by atoms with Crippen LogP contribution in [0.3, 0.4) is 0 Å². The van der Waals surface area contributed by atoms with E-state index in [9.17, 15) is 14.4 Å². The van der Waals surface area contributed by atoms with Crippen LogP contribution in [-0.4, -0.2) is 35.4 Å². The van der Waals surface area contributed by atoms with Crippen molar-refractivity contribution in [2.75, 3.05) is 6.54 Å². The fourth-order valence-electron chi connectivity index (χ4n) is 2.55. The zero-order valence-corrected chi connectivity index (χ0v) is 15.0. The Labute approximate surface area is 145 Å². The highest BCUT2D eigenvalue weighted by Crippen LogP contribution is 2.12. The largest absolute Gasteiger partial charge is 0.481 e. The summed E-state index contributed by atoms with van der Waals surface area (Å²) in [5.74, 6) is -0.930. The molecule has 0 aliphatic heterocycles. The lowest BCUT2D eigenvalue weighted by Gasteiger charge is -2.11. The number of carboxylic acid groups (broad SMARTS) is 1. The van der Waals surface area contributed by atoms with Crippen molar-refractivity contribution >= 4 is 17.7 Å². The van der Waals surface area contributed by atoms with E-state index >= 15 is 0 Å². The molecule has 0 aromatic rings. The Bertz CT molecular complexity index is 372. The van der Waals surface area contributed by atoms with Crippen LogP contribution in [-0.2, 0) is 14.4 Å². The standard InChI is InChI=1S/C18H34N2O4/c1-15(16(21)14-19)20-17(22)12-10-8-6-4-2-3-5-7-9-11-13-18(23)24/h15H,2-14,19H2,1H3,(H,20,22)(H,23,24)/t15-/m0/s1. The van der Waals surface area contributed by atoms with Gasteiger partial charge in [-0.2, -0.15) is 0 Å². The second kappa shape index (κ2) is 15.1. The first-order valence-electron chi connectivity index (χ1n) is 9.21. The van der Waals surface area contributed by atoms with Crippen molar-refractivity contribution in [3.8, 4) is 0 Å². The Kier molecular flexibility index (Phi) is 14.2. The monoisotopic (exact) mass is 342 g/mol. The minimum atomic E-state index is -0.705. The maximum atomic E-state index is 11.6. The fourth-order valence-corrected chi connectivity index (χ4v) is 2.55. The molecule has 0 fully saturated rings. The number of amides is 1. The van der Waals surface area contributed by atoms with E-state index in [1.54, 1.807) is 6.92 Å². The van der Waals surface area contributed by atoms with Gasteiger partial charge in [-0.3, -0.25) is 14.4 Å². The van der Waals surface area contributed by atoms with Gasteiger partial charge >= 0.3 is 5.97 Å². The first-order valence-corrected chi connectivity index (χ1v) is 9.21. The molecule has 0 unspecified atom stereocenters. The highest BCUT2D eigenvalue weighted by Gasteiger charge is 2.13. The lowest BCUT2D eigenvalue weighted by molar-refractivity contribution is -0.137. The Morgan fingerprint density at radius 1 is 0.833 bits per heavy atom. The first kappa shape index (κ1) is 22.6. The fraction of sp³-hybridized carbons (Fsp3) is 0.833. The van der Waals surface area contributed by atoms with Crippen LogP contribution in [0.25, 0.3) is 0 Å². The molecule has 6 heteroatoms. The van der Waals surface area contributed by atoms with Gasteiger partial charge in [-0.1, -0.05) is 51.4 Å². The highest BCUT2D eigenvalue weighted by atomic mass is 16.4. The number of nitrogens with two attached hydrogens (primary N) is 1. The van der Waals surface area contributed by atoms with Crippen molar-refractivity contribution in [2.24, 2.45) is 5.73 Å². The van der Waals surface area contributed by atoms with E-state index in [1.165, 1.54) is 25.7 Å². The average Bonchev–Trinajstić information content (AvgIpc) is 2.54. The number of unbranched alkanes of at least 4 members (excludes halogenated alkanes) is 9. The van der Waals surface area contributed by atoms with Crippen LogP contribution in [0.15, 0.2) is 0 Å². The van der Waals surface area contributed by atoms with Gasteiger partial charge in [0, 0.05) is 12.8 Å². The van der Waals surface area contributed by atoms with E-state index < -0.39 is 12.0 Å². The number of hydrogen-bond acceptors (Lipinski definition) is 4. The third kappa shape index (κ3) is 14.2. The minimum absolute atomic E-state index is 0.0407. The van der Waals surface area contributed by atoms with E-state index in [0.717, 1.165) is 38.5 Å². The van der Waals surface area contributed by atoms with Gasteiger partial charge in [-0.25, -0.2) is 0 Å². The number of rotatable bonds is 16. The topological polar surface area (TPSA) is 109 Å². The summed E-state index contributed by atoms with van der Waals surface area (Å²) in [6.07, 6.45) is 11.4. The Morgan fingerprint density at radius 3 is 1.67 bits per heavy atom. The molecule has 1 atom stereocenters. The van der Waals surface area contributed by atoms with Crippen LogP contribution < -0.4 is 11.1 Å². The lowest BCUT2D eigenvalue weighted by atomic mass is 10.0. The van der Waals surface area contributed by atoms with Crippen LogP contribution in [0, 0.1) is 0 Å². The molecular formula is C18H34N2O4. The number of carboxylic acids is 1. The summed E-state index contributed by atoms with van der Waals surface area (Å²) in [5.41, 5.74) is 5.25. The molecule has 0 rings (SSSR count). The molecule has 0 heterocycles. The SMILES string of the molecule is C[C@H](NC(=O)CCCCCCCCCCCCC(=O)O)C(=O)CN. The Hall–Kier alpha value is -1.43. The van der Waals surface area contributed by atoms with Gasteiger partial charge in [0.15, 0.2) is 5.78 Å². The summed E-state index contributed by atoms with van der Waals surface area (Å²) < 4.78 is 0. The summed E-state index contributed by atoms with van der Waals surface area (Å²) in [5, 5.41) is 11.2. The van der Waals surface area contributed by atoms with Crippen molar-refractivity contribution in [3.63, 3.8) is 0 Å². The number of nitrogens with one attached hydrogen (secondary N) is 1. The predicted octanol–water partition coefficient (Wildman–Crippen LogP) is 2.78. The average molecular weight is 342 g/mol. The molecule has 0 saturated carbocycles. The van der Waals surface area contributed by atoms with Gasteiger partial charge in [0.2, 0.25) is 5.91 Å². The third-order valence-electron chi connectivity index (χ3n) is 4.11. The maximum Gasteiger partial charge on any atom is 0.303 e. The number of ketones is 1. The molecule has 0 aromatic carbocycles. The zero-order valence-electron chi connectivity index (χ0n) is 15.0. The molecule has 0 saturated heterocycles. The van der Waals surface area contributed by atoms with E-state index in [2.05, 4.69) is 5.32 Å². The second-order valence-electron chi connectivity index (χ2n) is 6.39. The van der Waals surface area contributed by atoms with Crippen LogP contribution in [0.5, 0.6) is 0 Å². The molecule has 24 heavy (non-hydrogen) atoms. The van der Waals surface area contributed by atoms with Gasteiger partial charge in [-0.05, 0) is 19.8 Å². The van der Waals surface area contributed by atoms with Crippen molar-refractivity contribution in [2.45, 2.75) is 90.0 Å². The Balaban J connectivity index is 3.32. The smallest absolute Gasteiger partial charge is 0.303 e. The van der Waals surface area contributed by atoms with Crippen molar-refractivity contribution < 1.29 is 19.5 Å². The zero-order chi connectivity index (χ0) is 18.2. The molecule has 140 valence electrons. The quantitative estimate of drug-likeness (QED) is 0.374. The predicted molar refractivity (Wildman–Crippen MR) is 94.7 cm³/mol. The van der Waals surface area contributed by atoms with E-state index in [0.29, 0.717) is 6.42 Å². The van der Waals surface area contributed by atoms with Crippen LogP contribution >= 0.6 is 0 Å². The summed E-state index contributed by atoms with van der Waals surface area (Å²) >= 11 is 0. The highest BCUT2D eigenvalue weighted by molar-refractivity contribution is 5.89. The van der Waals surface area contributed by atoms with Crippen LogP contribution in [0.1, 0.15) is 84.0 Å². The van der Waals surface area contributed by atoms with Crippen molar-refractivity contribution in [1.29, 1.82) is 0 Å². The molecule has 0 radical (unpaired) electrons. The van der Waals surface area contributed by atoms with E-state index in [1.807, 2.05) is 0 Å². The molecule has 0 bridgehead atoms. The molecule has 1 amide bonds. The Morgan fingerprint density at radius 2 is 1.25 bits per heavy atom. The maximum absolute atomic E-state index is 11.6. The molecule has 0 aromatic heterocycles. The molecule has 0 aliphatic rings. The van der Waals surface area contributed by atoms with Crippen LogP contribution in [0.4, 0.5) is 0 Å². The molecule has 6 nitrogen and oxygen atoms in total. The minimum Gasteiger partial charge on any atom is -0.481 e. The third-order valence-corrected chi connectivity index (χ3v) is 4.11. The summed E-state index contributed by atoms with van der Waals surface area (Å²) in [6, 6.07) is -0.488. The van der Waals surface area contributed by atoms with Gasteiger partial charge in [0.1, 0.15) is 0 Å². The van der Waals surface area contributed by atoms with Gasteiger partial charge in [0.25, 0.3) is 0 Å². The van der Waals surface area contributed by atoms with Crippen LogP contribution in [0.2, 0.25) is 0 Å². The number of aliphatic carboxylic acids is 1. The van der Waals surface area contributed by atoms with Crippen molar-refractivity contribution in [3.05, 3.63) is 0 Å². The molecule has 4 N–H and O–H groups in total. The number of Topliss-reactive ketones (excluding diaryl/α,β-unsaturated/α-hetero) is 1. The lowest BCUT2D eigenvalue weighted by Crippen LogP contribution is -2.41. The second-order valence-corrected chi connectivity index (χ2v) is 6.39. The normalized spacial score (nSPS) is 11.9.